The second-order valence-corrected chi connectivity index (χ2v) is 7.42. The number of benzene rings is 1. The number of nitrogens with two attached hydrogens (primary N) is 1. The molecule has 0 aliphatic carbocycles. The van der Waals surface area contributed by atoms with Gasteiger partial charge in [0.1, 0.15) is 18.0 Å². The Morgan fingerprint density at radius 3 is 2.61 bits per heavy atom. The maximum atomic E-state index is 12.7. The largest absolute Gasteiger partial charge is 0.480 e. The molecule has 0 unspecified atom stereocenters. The summed E-state index contributed by atoms with van der Waals surface area (Å²) in [4.78, 5) is 14.1. The van der Waals surface area contributed by atoms with E-state index in [4.69, 9.17) is 15.3 Å². The monoisotopic (exact) mass is 418 g/mol. The highest BCUT2D eigenvalue weighted by molar-refractivity contribution is 7.90. The molecule has 0 aliphatic heterocycles. The van der Waals surface area contributed by atoms with Crippen LogP contribution in [0.25, 0.3) is 11.5 Å². The lowest BCUT2D eigenvalue weighted by Gasteiger charge is -2.06. The van der Waals surface area contributed by atoms with E-state index < -0.39 is 45.8 Å². The number of hydrogen-bond donors (Lipinski definition) is 2. The summed E-state index contributed by atoms with van der Waals surface area (Å²) in [6, 6.07) is 5.43. The summed E-state index contributed by atoms with van der Waals surface area (Å²) >= 11 is 0. The first-order chi connectivity index (χ1) is 12.9. The lowest BCUT2D eigenvalue weighted by molar-refractivity contribution is -0.135. The van der Waals surface area contributed by atoms with Gasteiger partial charge in [0.15, 0.2) is 9.84 Å². The number of alkyl halides is 3. The Morgan fingerprint density at radius 1 is 1.36 bits per heavy atom. The minimum Gasteiger partial charge on any atom is -0.480 e. The second kappa shape index (κ2) is 7.80. The van der Waals surface area contributed by atoms with Crippen LogP contribution in [0.4, 0.5) is 13.2 Å². The quantitative estimate of drug-likeness (QED) is 0.669. The van der Waals surface area contributed by atoms with Gasteiger partial charge in [-0.25, -0.2) is 8.42 Å². The van der Waals surface area contributed by atoms with E-state index in [0.29, 0.717) is 6.08 Å². The average molecular weight is 418 g/mol. The molecular weight excluding hydrogens is 405 g/mol. The Bertz CT molecular complexity index is 1060. The van der Waals surface area contributed by atoms with E-state index in [1.807, 2.05) is 0 Å². The molecule has 2 rings (SSSR count). The van der Waals surface area contributed by atoms with Crippen molar-refractivity contribution in [3.63, 3.8) is 0 Å². The first kappa shape index (κ1) is 21.1. The van der Waals surface area contributed by atoms with Crippen LogP contribution in [0.15, 0.2) is 50.3 Å². The number of carboxylic acids is 1. The van der Waals surface area contributed by atoms with E-state index >= 15 is 0 Å². The van der Waals surface area contributed by atoms with Crippen molar-refractivity contribution >= 4 is 21.5 Å². The molecule has 1 aromatic heterocycles. The fourth-order valence-electron chi connectivity index (χ4n) is 1.86. The van der Waals surface area contributed by atoms with E-state index in [9.17, 15) is 26.4 Å². The molecule has 9 nitrogen and oxygen atoms in total. The summed E-state index contributed by atoms with van der Waals surface area (Å²) in [5.74, 6) is -2.13. The fraction of sp³-hybridized carbons (Fsp3) is 0.200. The molecule has 13 heteroatoms. The van der Waals surface area contributed by atoms with Crippen LogP contribution in [0.2, 0.25) is 0 Å². The van der Waals surface area contributed by atoms with Gasteiger partial charge in [0.05, 0.1) is 4.90 Å². The summed E-state index contributed by atoms with van der Waals surface area (Å²) in [6.07, 6.45) is -3.52. The van der Waals surface area contributed by atoms with Crippen molar-refractivity contribution in [1.29, 1.82) is 0 Å². The number of nitrogens with zero attached hydrogens (tertiary/aromatic N) is 3. The van der Waals surface area contributed by atoms with Gasteiger partial charge in [0, 0.05) is 11.8 Å². The standard InChI is InChI=1S/C15H13F3N4O5S/c1-28(25,26)9-4-2-3-8(5-9)13-21-22-14(27-13)10(20-7-12(23)24)6-11(19)15(16,17)18/h2-6H,7,19H2,1H3,(H,23,24). The first-order valence-electron chi connectivity index (χ1n) is 7.33. The van der Waals surface area contributed by atoms with Crippen molar-refractivity contribution in [2.45, 2.75) is 11.1 Å². The number of rotatable bonds is 6. The molecule has 1 aromatic carbocycles. The highest BCUT2D eigenvalue weighted by Crippen LogP contribution is 2.24. The van der Waals surface area contributed by atoms with Crippen LogP contribution >= 0.6 is 0 Å². The second-order valence-electron chi connectivity index (χ2n) is 5.41. The van der Waals surface area contributed by atoms with E-state index in [-0.39, 0.29) is 16.3 Å². The smallest absolute Gasteiger partial charge is 0.430 e. The van der Waals surface area contributed by atoms with Gasteiger partial charge in [-0.2, -0.15) is 13.2 Å². The van der Waals surface area contributed by atoms with Crippen molar-refractivity contribution in [2.75, 3.05) is 12.8 Å². The lowest BCUT2D eigenvalue weighted by atomic mass is 10.2. The van der Waals surface area contributed by atoms with Gasteiger partial charge in [-0.15, -0.1) is 10.2 Å². The van der Waals surface area contributed by atoms with Gasteiger partial charge < -0.3 is 15.3 Å². The maximum absolute atomic E-state index is 12.7. The van der Waals surface area contributed by atoms with Crippen LogP contribution in [0.5, 0.6) is 0 Å². The summed E-state index contributed by atoms with van der Waals surface area (Å²) in [5.41, 5.74) is 2.99. The van der Waals surface area contributed by atoms with Crippen LogP contribution in [0.3, 0.4) is 0 Å². The Morgan fingerprint density at radius 2 is 2.04 bits per heavy atom. The molecule has 0 amide bonds. The van der Waals surface area contributed by atoms with E-state index in [0.717, 1.165) is 6.26 Å². The SMILES string of the molecule is CS(=O)(=O)c1cccc(-c2nnc(C(C=C(N)C(F)(F)F)=NCC(=O)O)o2)c1. The van der Waals surface area contributed by atoms with Gasteiger partial charge in [0.2, 0.25) is 5.89 Å². The van der Waals surface area contributed by atoms with Gasteiger partial charge >= 0.3 is 12.1 Å². The highest BCUT2D eigenvalue weighted by Gasteiger charge is 2.32. The molecule has 0 radical (unpaired) electrons. The van der Waals surface area contributed by atoms with E-state index in [1.54, 1.807) is 0 Å². The number of sulfone groups is 1. The predicted octanol–water partition coefficient (Wildman–Crippen LogP) is 1.42. The van der Waals surface area contributed by atoms with Crippen LogP contribution in [-0.2, 0) is 14.6 Å². The highest BCUT2D eigenvalue weighted by atomic mass is 32.2. The van der Waals surface area contributed by atoms with Gasteiger partial charge in [-0.3, -0.25) is 9.79 Å². The number of allylic oxidation sites excluding steroid dienone is 2. The summed E-state index contributed by atoms with van der Waals surface area (Å²) < 4.78 is 66.5. The number of halogens is 3. The van der Waals surface area contributed by atoms with Crippen molar-refractivity contribution in [3.05, 3.63) is 41.9 Å². The number of aliphatic imine (C=N–C) groups is 1. The van der Waals surface area contributed by atoms with Crippen molar-refractivity contribution in [1.82, 2.24) is 10.2 Å². The molecule has 150 valence electrons. The number of aliphatic carboxylic acids is 1. The third kappa shape index (κ3) is 5.39. The number of hydrogen-bond acceptors (Lipinski definition) is 8. The number of aromatic nitrogens is 2. The van der Waals surface area contributed by atoms with Gasteiger partial charge in [-0.1, -0.05) is 6.07 Å². The normalized spacial score (nSPS) is 13.6. The third-order valence-corrected chi connectivity index (χ3v) is 4.27. The van der Waals surface area contributed by atoms with Crippen LogP contribution in [-0.4, -0.2) is 54.4 Å². The fourth-order valence-corrected chi connectivity index (χ4v) is 2.53. The van der Waals surface area contributed by atoms with Crippen molar-refractivity contribution in [3.8, 4) is 11.5 Å². The van der Waals surface area contributed by atoms with Crippen LogP contribution in [0, 0.1) is 0 Å². The minimum atomic E-state index is -4.88. The number of carbonyl (C=O) groups is 1. The topological polar surface area (TPSA) is 149 Å². The van der Waals surface area contributed by atoms with Gasteiger partial charge in [0.25, 0.3) is 5.89 Å². The van der Waals surface area contributed by atoms with Crippen LogP contribution < -0.4 is 5.73 Å². The molecule has 3 N–H and O–H groups in total. The average Bonchev–Trinajstić information content (AvgIpc) is 3.06. The molecule has 0 aliphatic rings. The summed E-state index contributed by atoms with van der Waals surface area (Å²) in [7, 11) is -3.52. The molecule has 0 spiro atoms. The zero-order valence-corrected chi connectivity index (χ0v) is 15.0. The molecule has 0 saturated carbocycles. The Hall–Kier alpha value is -3.22. The van der Waals surface area contributed by atoms with Crippen LogP contribution in [0.1, 0.15) is 5.89 Å². The molecule has 0 atom stereocenters. The molecule has 1 heterocycles. The van der Waals surface area contributed by atoms with Crippen molar-refractivity contribution in [2.24, 2.45) is 10.7 Å². The molecule has 2 aromatic rings. The molecule has 0 saturated heterocycles. The zero-order valence-electron chi connectivity index (χ0n) is 14.1. The molecule has 28 heavy (non-hydrogen) atoms. The molecule has 0 fully saturated rings. The molecule has 0 bridgehead atoms. The van der Waals surface area contributed by atoms with Crippen molar-refractivity contribution < 1.29 is 35.9 Å². The Labute approximate surface area is 156 Å². The zero-order chi connectivity index (χ0) is 21.1. The van der Waals surface area contributed by atoms with Gasteiger partial charge in [-0.05, 0) is 24.3 Å². The number of carboxylic acid groups (broad SMARTS) is 1. The summed E-state index contributed by atoms with van der Waals surface area (Å²) in [6.45, 7) is -0.863. The maximum Gasteiger partial charge on any atom is 0.430 e. The lowest BCUT2D eigenvalue weighted by Crippen LogP contribution is -2.21. The van der Waals surface area contributed by atoms with E-state index in [2.05, 4.69) is 15.2 Å². The first-order valence-corrected chi connectivity index (χ1v) is 9.22. The predicted molar refractivity (Wildman–Crippen MR) is 90.2 cm³/mol. The summed E-state index contributed by atoms with van der Waals surface area (Å²) in [5, 5.41) is 15.9. The minimum absolute atomic E-state index is 0.0364. The third-order valence-electron chi connectivity index (χ3n) is 3.16. The Balaban J connectivity index is 2.47. The Kier molecular flexibility index (Phi) is 5.87. The van der Waals surface area contributed by atoms with E-state index in [1.165, 1.54) is 24.3 Å². The molecular formula is C15H13F3N4O5S.